The first kappa shape index (κ1) is 19.2. The first-order valence-electron chi connectivity index (χ1n) is 8.14. The van der Waals surface area contributed by atoms with Crippen molar-refractivity contribution in [3.8, 4) is 11.3 Å². The predicted molar refractivity (Wildman–Crippen MR) is 104 cm³/mol. The summed E-state index contributed by atoms with van der Waals surface area (Å²) in [6.07, 6.45) is -0.176. The van der Waals surface area contributed by atoms with E-state index in [1.807, 2.05) is 6.92 Å². The Morgan fingerprint density at radius 3 is 2.63 bits per heavy atom. The topological polar surface area (TPSA) is 76.1 Å². The average molecular weight is 404 g/mol. The molecule has 0 saturated carbocycles. The highest BCUT2D eigenvalue weighted by atomic mass is 32.2. The van der Waals surface area contributed by atoms with E-state index in [1.165, 1.54) is 35.6 Å². The van der Waals surface area contributed by atoms with E-state index >= 15 is 0 Å². The molecule has 27 heavy (non-hydrogen) atoms. The van der Waals surface area contributed by atoms with Gasteiger partial charge < -0.3 is 5.32 Å². The van der Waals surface area contributed by atoms with Gasteiger partial charge in [0.1, 0.15) is 5.82 Å². The van der Waals surface area contributed by atoms with Crippen molar-refractivity contribution >= 4 is 32.2 Å². The third kappa shape index (κ3) is 4.99. The van der Waals surface area contributed by atoms with Crippen LogP contribution in [0.25, 0.3) is 11.3 Å². The minimum Gasteiger partial charge on any atom is -0.302 e. The van der Waals surface area contributed by atoms with Gasteiger partial charge in [-0.1, -0.05) is 29.8 Å². The third-order valence-electron chi connectivity index (χ3n) is 3.85. The van der Waals surface area contributed by atoms with Crippen LogP contribution in [0.15, 0.2) is 58.8 Å². The van der Waals surface area contributed by atoms with Gasteiger partial charge in [0.15, 0.2) is 15.0 Å². The highest BCUT2D eigenvalue weighted by Crippen LogP contribution is 2.25. The average Bonchev–Trinajstić information content (AvgIpc) is 3.09. The minimum absolute atomic E-state index is 0.176. The molecule has 1 N–H and O–H groups in total. The lowest BCUT2D eigenvalue weighted by atomic mass is 10.2. The fraction of sp³-hybridized carbons (Fsp3) is 0.158. The highest BCUT2D eigenvalue weighted by molar-refractivity contribution is 7.91. The Morgan fingerprint density at radius 1 is 1.19 bits per heavy atom. The van der Waals surface area contributed by atoms with Gasteiger partial charge in [0.2, 0.25) is 5.91 Å². The van der Waals surface area contributed by atoms with Gasteiger partial charge in [0, 0.05) is 17.4 Å². The zero-order valence-electron chi connectivity index (χ0n) is 14.5. The number of anilines is 1. The van der Waals surface area contributed by atoms with Gasteiger partial charge in [-0.25, -0.2) is 17.8 Å². The van der Waals surface area contributed by atoms with Crippen LogP contribution in [-0.4, -0.2) is 25.1 Å². The second-order valence-corrected chi connectivity index (χ2v) is 8.95. The van der Waals surface area contributed by atoms with E-state index in [0.717, 1.165) is 5.56 Å². The molecule has 0 aliphatic rings. The van der Waals surface area contributed by atoms with Gasteiger partial charge in [-0.05, 0) is 31.2 Å². The molecule has 5 nitrogen and oxygen atoms in total. The van der Waals surface area contributed by atoms with Crippen molar-refractivity contribution in [3.63, 3.8) is 0 Å². The molecule has 0 unspecified atom stereocenters. The molecule has 2 aromatic carbocycles. The summed E-state index contributed by atoms with van der Waals surface area (Å²) < 4.78 is 37.9. The molecule has 3 rings (SSSR count). The molecule has 1 aromatic heterocycles. The van der Waals surface area contributed by atoms with Crippen LogP contribution in [0, 0.1) is 12.7 Å². The molecule has 1 heterocycles. The van der Waals surface area contributed by atoms with Crippen molar-refractivity contribution in [3.05, 3.63) is 65.3 Å². The van der Waals surface area contributed by atoms with Gasteiger partial charge in [-0.3, -0.25) is 4.79 Å². The molecule has 0 aliphatic carbocycles. The Hall–Kier alpha value is -2.58. The van der Waals surface area contributed by atoms with Crippen LogP contribution >= 0.6 is 11.3 Å². The molecular weight excluding hydrogens is 387 g/mol. The standard InChI is InChI=1S/C19H17FN2O3S2/c1-13-5-7-16(8-6-13)27(24,25)10-9-18(23)22-19-21-17(12-26-19)14-3-2-4-15(20)11-14/h2-8,11-12H,9-10H2,1H3,(H,21,22,23). The Balaban J connectivity index is 1.60. The molecule has 0 atom stereocenters. The summed E-state index contributed by atoms with van der Waals surface area (Å²) in [4.78, 5) is 16.5. The molecule has 1 amide bonds. The second kappa shape index (κ2) is 7.98. The number of nitrogens with one attached hydrogen (secondary N) is 1. The molecule has 0 spiro atoms. The van der Waals surface area contributed by atoms with Crippen LogP contribution < -0.4 is 5.32 Å². The molecular formula is C19H17FN2O3S2. The maximum absolute atomic E-state index is 13.3. The minimum atomic E-state index is -3.53. The first-order chi connectivity index (χ1) is 12.8. The maximum atomic E-state index is 13.3. The molecule has 0 aliphatic heterocycles. The number of hydrogen-bond donors (Lipinski definition) is 1. The van der Waals surface area contributed by atoms with E-state index in [4.69, 9.17) is 0 Å². The fourth-order valence-corrected chi connectivity index (χ4v) is 4.36. The number of benzene rings is 2. The van der Waals surface area contributed by atoms with Crippen molar-refractivity contribution in [2.75, 3.05) is 11.1 Å². The Morgan fingerprint density at radius 2 is 1.93 bits per heavy atom. The van der Waals surface area contributed by atoms with Gasteiger partial charge in [0.05, 0.1) is 16.3 Å². The number of sulfone groups is 1. The van der Waals surface area contributed by atoms with Crippen molar-refractivity contribution in [1.29, 1.82) is 0 Å². The lowest BCUT2D eigenvalue weighted by Crippen LogP contribution is -2.17. The van der Waals surface area contributed by atoms with Crippen molar-refractivity contribution < 1.29 is 17.6 Å². The molecule has 0 saturated heterocycles. The van der Waals surface area contributed by atoms with E-state index in [2.05, 4.69) is 10.3 Å². The van der Waals surface area contributed by atoms with Gasteiger partial charge in [-0.15, -0.1) is 11.3 Å². The smallest absolute Gasteiger partial charge is 0.227 e. The number of amides is 1. The number of carbonyl (C=O) groups excluding carboxylic acids is 1. The van der Waals surface area contributed by atoms with Crippen LogP contribution in [0.2, 0.25) is 0 Å². The largest absolute Gasteiger partial charge is 0.302 e. The maximum Gasteiger partial charge on any atom is 0.227 e. The summed E-state index contributed by atoms with van der Waals surface area (Å²) in [7, 11) is -3.53. The molecule has 0 bridgehead atoms. The van der Waals surface area contributed by atoms with E-state index in [0.29, 0.717) is 16.4 Å². The quantitative estimate of drug-likeness (QED) is 0.672. The summed E-state index contributed by atoms with van der Waals surface area (Å²) >= 11 is 1.19. The molecule has 140 valence electrons. The summed E-state index contributed by atoms with van der Waals surface area (Å²) in [5.41, 5.74) is 2.11. The van der Waals surface area contributed by atoms with E-state index in [1.54, 1.807) is 29.6 Å². The lowest BCUT2D eigenvalue weighted by molar-refractivity contribution is -0.115. The number of aromatic nitrogens is 1. The monoisotopic (exact) mass is 404 g/mol. The normalized spacial score (nSPS) is 11.3. The molecule has 0 fully saturated rings. The summed E-state index contributed by atoms with van der Waals surface area (Å²) in [6, 6.07) is 12.5. The number of aryl methyl sites for hydroxylation is 1. The summed E-state index contributed by atoms with van der Waals surface area (Å²) in [5.74, 6) is -1.09. The van der Waals surface area contributed by atoms with Gasteiger partial charge in [0.25, 0.3) is 0 Å². The number of nitrogens with zero attached hydrogens (tertiary/aromatic N) is 1. The van der Waals surface area contributed by atoms with Crippen LogP contribution in [-0.2, 0) is 14.6 Å². The van der Waals surface area contributed by atoms with Gasteiger partial charge in [-0.2, -0.15) is 0 Å². The van der Waals surface area contributed by atoms with Crippen LogP contribution in [0.4, 0.5) is 9.52 Å². The summed E-state index contributed by atoms with van der Waals surface area (Å²) in [6.45, 7) is 1.87. The highest BCUT2D eigenvalue weighted by Gasteiger charge is 2.17. The third-order valence-corrected chi connectivity index (χ3v) is 6.34. The Labute approximate surface area is 160 Å². The van der Waals surface area contributed by atoms with E-state index in [-0.39, 0.29) is 22.9 Å². The number of halogens is 1. The van der Waals surface area contributed by atoms with Crippen LogP contribution in [0.3, 0.4) is 0 Å². The van der Waals surface area contributed by atoms with E-state index < -0.39 is 15.7 Å². The Bertz CT molecular complexity index is 1060. The van der Waals surface area contributed by atoms with Crippen molar-refractivity contribution in [1.82, 2.24) is 4.98 Å². The van der Waals surface area contributed by atoms with Crippen LogP contribution in [0.5, 0.6) is 0 Å². The molecule has 8 heteroatoms. The lowest BCUT2D eigenvalue weighted by Gasteiger charge is -2.05. The van der Waals surface area contributed by atoms with Crippen LogP contribution in [0.1, 0.15) is 12.0 Å². The zero-order chi connectivity index (χ0) is 19.4. The van der Waals surface area contributed by atoms with Crippen molar-refractivity contribution in [2.45, 2.75) is 18.2 Å². The molecule has 0 radical (unpaired) electrons. The van der Waals surface area contributed by atoms with Crippen molar-refractivity contribution in [2.24, 2.45) is 0 Å². The second-order valence-electron chi connectivity index (χ2n) is 5.98. The number of hydrogen-bond acceptors (Lipinski definition) is 5. The SMILES string of the molecule is Cc1ccc(S(=O)(=O)CCC(=O)Nc2nc(-c3cccc(F)c3)cs2)cc1. The fourth-order valence-electron chi connectivity index (χ4n) is 2.38. The van der Waals surface area contributed by atoms with Gasteiger partial charge >= 0.3 is 0 Å². The zero-order valence-corrected chi connectivity index (χ0v) is 16.1. The number of carbonyl (C=O) groups is 1. The Kier molecular flexibility index (Phi) is 5.67. The number of rotatable bonds is 6. The predicted octanol–water partition coefficient (Wildman–Crippen LogP) is 4.06. The van der Waals surface area contributed by atoms with E-state index in [9.17, 15) is 17.6 Å². The summed E-state index contributed by atoms with van der Waals surface area (Å²) in [5, 5.41) is 4.63. The number of thiazole rings is 1. The first-order valence-corrected chi connectivity index (χ1v) is 10.7. The molecule has 3 aromatic rings.